The monoisotopic (exact) mass is 546 g/mol. The van der Waals surface area contributed by atoms with E-state index in [1.807, 2.05) is 12.1 Å². The zero-order valence-electron chi connectivity index (χ0n) is 21.9. The number of nitrogens with zero attached hydrogens (tertiary/aromatic N) is 7. The van der Waals surface area contributed by atoms with Gasteiger partial charge in [0, 0.05) is 52.9 Å². The molecule has 11 nitrogen and oxygen atoms in total. The maximum atomic E-state index is 13.2. The smallest absolute Gasteiger partial charge is 0.278 e. The summed E-state index contributed by atoms with van der Waals surface area (Å²) in [6.45, 7) is 5.86. The zero-order chi connectivity index (χ0) is 27.1. The molecule has 1 N–H and O–H groups in total. The molecule has 39 heavy (non-hydrogen) atoms. The normalized spacial score (nSPS) is 18.9. The van der Waals surface area contributed by atoms with Crippen molar-refractivity contribution in [2.75, 3.05) is 35.8 Å². The van der Waals surface area contributed by atoms with Gasteiger partial charge in [0.1, 0.15) is 5.39 Å². The van der Waals surface area contributed by atoms with Crippen molar-refractivity contribution in [2.45, 2.75) is 31.6 Å². The van der Waals surface area contributed by atoms with Gasteiger partial charge in [-0.15, -0.1) is 6.58 Å². The van der Waals surface area contributed by atoms with Crippen molar-refractivity contribution in [2.24, 2.45) is 4.36 Å². The first kappa shape index (κ1) is 25.3. The van der Waals surface area contributed by atoms with Gasteiger partial charge in [-0.05, 0) is 49.2 Å². The van der Waals surface area contributed by atoms with E-state index in [1.54, 1.807) is 41.5 Å². The van der Waals surface area contributed by atoms with E-state index >= 15 is 0 Å². The lowest BCUT2D eigenvalue weighted by molar-refractivity contribution is 0.0305. The van der Waals surface area contributed by atoms with Gasteiger partial charge in [-0.2, -0.15) is 9.35 Å². The number of nitrogens with one attached hydrogen (secondary N) is 1. The Kier molecular flexibility index (Phi) is 6.43. The van der Waals surface area contributed by atoms with Crippen molar-refractivity contribution in [1.82, 2.24) is 24.3 Å². The van der Waals surface area contributed by atoms with E-state index < -0.39 is 9.73 Å². The van der Waals surface area contributed by atoms with E-state index in [4.69, 9.17) is 4.74 Å². The molecule has 2 saturated heterocycles. The first-order valence-corrected chi connectivity index (χ1v) is 15.1. The minimum Gasteiger partial charge on any atom is -0.371 e. The number of pyridine rings is 1. The summed E-state index contributed by atoms with van der Waals surface area (Å²) >= 11 is 0. The van der Waals surface area contributed by atoms with Crippen LogP contribution in [-0.2, 0) is 21.0 Å². The molecule has 12 heteroatoms. The third-order valence-corrected chi connectivity index (χ3v) is 7.39. The van der Waals surface area contributed by atoms with Crippen molar-refractivity contribution in [1.29, 1.82) is 0 Å². The number of aromatic nitrogens is 5. The summed E-state index contributed by atoms with van der Waals surface area (Å²) in [6, 6.07) is 13.3. The van der Waals surface area contributed by atoms with E-state index in [-0.39, 0.29) is 12.1 Å². The third kappa shape index (κ3) is 5.17. The van der Waals surface area contributed by atoms with Gasteiger partial charge in [-0.1, -0.05) is 12.1 Å². The van der Waals surface area contributed by atoms with Crippen LogP contribution in [0.25, 0.3) is 16.9 Å². The summed E-state index contributed by atoms with van der Waals surface area (Å²) in [6.07, 6.45) is 9.14. The highest BCUT2D eigenvalue weighted by molar-refractivity contribution is 7.92. The van der Waals surface area contributed by atoms with Crippen molar-refractivity contribution in [3.8, 4) is 5.82 Å². The van der Waals surface area contributed by atoms with Crippen LogP contribution in [0.5, 0.6) is 0 Å². The highest BCUT2D eigenvalue weighted by Gasteiger charge is 2.33. The molecular weight excluding hydrogens is 516 g/mol. The molecule has 2 atom stereocenters. The van der Waals surface area contributed by atoms with Crippen molar-refractivity contribution < 1.29 is 8.95 Å². The highest BCUT2D eigenvalue weighted by atomic mass is 32.2. The fraction of sp³-hybridized carbons (Fsp3) is 0.333. The molecule has 1 aromatic carbocycles. The van der Waals surface area contributed by atoms with Gasteiger partial charge in [-0.25, -0.2) is 23.5 Å². The molecule has 2 aliphatic heterocycles. The molecule has 0 amide bonds. The molecule has 0 spiro atoms. The number of ether oxygens (including phenoxy) is 1. The summed E-state index contributed by atoms with van der Waals surface area (Å²) in [4.78, 5) is 29.2. The molecule has 202 valence electrons. The van der Waals surface area contributed by atoms with Gasteiger partial charge in [0.05, 0.1) is 18.8 Å². The van der Waals surface area contributed by atoms with Crippen LogP contribution in [0.1, 0.15) is 12.8 Å². The van der Waals surface area contributed by atoms with Crippen LogP contribution >= 0.6 is 0 Å². The van der Waals surface area contributed by atoms with Crippen LogP contribution in [-0.4, -0.2) is 66.3 Å². The quantitative estimate of drug-likeness (QED) is 0.349. The van der Waals surface area contributed by atoms with E-state index in [0.717, 1.165) is 37.3 Å². The minimum absolute atomic E-state index is 0.240. The Labute approximate surface area is 226 Å². The summed E-state index contributed by atoms with van der Waals surface area (Å²) in [7, 11) is -2.41. The number of allylic oxidation sites excluding steroid dienone is 1. The largest absolute Gasteiger partial charge is 0.371 e. The van der Waals surface area contributed by atoms with Crippen molar-refractivity contribution >= 4 is 43.9 Å². The minimum atomic E-state index is -2.41. The van der Waals surface area contributed by atoms with Gasteiger partial charge in [-0.3, -0.25) is 4.79 Å². The maximum absolute atomic E-state index is 13.2. The Morgan fingerprint density at radius 2 is 1.87 bits per heavy atom. The average Bonchev–Trinajstić information content (AvgIpc) is 3.38. The predicted molar refractivity (Wildman–Crippen MR) is 153 cm³/mol. The number of fused-ring (bicyclic) bond motifs is 3. The molecule has 0 saturated carbocycles. The van der Waals surface area contributed by atoms with Crippen LogP contribution in [0.15, 0.2) is 70.5 Å². The molecule has 3 aromatic heterocycles. The Hall–Kier alpha value is -4.03. The second-order valence-electron chi connectivity index (χ2n) is 10.1. The number of hydrogen-bond donors (Lipinski definition) is 1. The fourth-order valence-electron chi connectivity index (χ4n) is 5.13. The molecule has 0 radical (unpaired) electrons. The Bertz CT molecular complexity index is 1720. The van der Waals surface area contributed by atoms with E-state index in [1.165, 1.54) is 10.9 Å². The zero-order valence-corrected chi connectivity index (χ0v) is 22.7. The standard InChI is InChI=1S/C27H30N8O3S/c1-4-14-34-26(36)22-15-28-27(31-25(22)35(34)24-7-5-6-23(30-24)32-39(2,3)37)29-18-8-10-19(11-9-18)33-16-20-12-13-21(17-33)38-20/h4-11,15,20-21H,1,12-14,16-17H2,2-3H3,(H,28,29,31). The number of benzene rings is 1. The number of anilines is 3. The van der Waals surface area contributed by atoms with Gasteiger partial charge >= 0.3 is 0 Å². The van der Waals surface area contributed by atoms with Gasteiger partial charge in [0.2, 0.25) is 5.95 Å². The summed E-state index contributed by atoms with van der Waals surface area (Å²) in [5.41, 5.74) is 2.11. The first-order chi connectivity index (χ1) is 18.8. The number of hydrogen-bond acceptors (Lipinski definition) is 9. The highest BCUT2D eigenvalue weighted by Crippen LogP contribution is 2.30. The summed E-state index contributed by atoms with van der Waals surface area (Å²) < 4.78 is 25.5. The maximum Gasteiger partial charge on any atom is 0.278 e. The summed E-state index contributed by atoms with van der Waals surface area (Å²) in [5, 5.41) is 3.60. The Morgan fingerprint density at radius 1 is 1.13 bits per heavy atom. The van der Waals surface area contributed by atoms with Gasteiger partial charge in [0.25, 0.3) is 5.56 Å². The summed E-state index contributed by atoms with van der Waals surface area (Å²) in [5.74, 6) is 1.07. The predicted octanol–water partition coefficient (Wildman–Crippen LogP) is 3.63. The molecule has 2 bridgehead atoms. The number of rotatable bonds is 7. The lowest BCUT2D eigenvalue weighted by Gasteiger charge is -2.33. The number of morpholine rings is 1. The fourth-order valence-corrected chi connectivity index (χ4v) is 5.68. The second-order valence-corrected chi connectivity index (χ2v) is 12.6. The molecule has 0 aliphatic carbocycles. The van der Waals surface area contributed by atoms with Crippen LogP contribution in [0, 0.1) is 0 Å². The first-order valence-electron chi connectivity index (χ1n) is 12.8. The third-order valence-electron chi connectivity index (χ3n) is 6.76. The lowest BCUT2D eigenvalue weighted by Crippen LogP contribution is -2.42. The van der Waals surface area contributed by atoms with Crippen LogP contribution in [0.3, 0.4) is 0 Å². The molecule has 2 unspecified atom stereocenters. The second kappa shape index (κ2) is 9.93. The van der Waals surface area contributed by atoms with E-state index in [2.05, 4.69) is 48.2 Å². The lowest BCUT2D eigenvalue weighted by atomic mass is 10.2. The molecule has 6 rings (SSSR count). The van der Waals surface area contributed by atoms with Crippen LogP contribution in [0.2, 0.25) is 0 Å². The Morgan fingerprint density at radius 3 is 2.56 bits per heavy atom. The topological polar surface area (TPSA) is 120 Å². The Balaban J connectivity index is 1.34. The molecule has 4 aromatic rings. The molecular formula is C27H30N8O3S. The van der Waals surface area contributed by atoms with Crippen LogP contribution < -0.4 is 15.8 Å². The van der Waals surface area contributed by atoms with Crippen LogP contribution in [0.4, 0.5) is 23.1 Å². The average molecular weight is 547 g/mol. The molecule has 2 aliphatic rings. The molecule has 2 fully saturated rings. The van der Waals surface area contributed by atoms with Gasteiger partial charge < -0.3 is 15.0 Å². The van der Waals surface area contributed by atoms with E-state index in [9.17, 15) is 9.00 Å². The van der Waals surface area contributed by atoms with Gasteiger partial charge in [0.15, 0.2) is 17.3 Å². The molecule has 5 heterocycles. The van der Waals surface area contributed by atoms with Crippen molar-refractivity contribution in [3.05, 3.63) is 71.7 Å². The van der Waals surface area contributed by atoms with Crippen molar-refractivity contribution in [3.63, 3.8) is 0 Å². The SMILES string of the molecule is C=CCn1c(=O)c2cnc(Nc3ccc(N4CC5CCC(C4)O5)cc3)nc2n1-c1cccc(N=S(C)(C)=O)n1. The van der Waals surface area contributed by atoms with E-state index in [0.29, 0.717) is 40.8 Å².